The minimum Gasteiger partial charge on any atom is -0.480 e. The van der Waals surface area contributed by atoms with Crippen molar-refractivity contribution < 1.29 is 14.8 Å². The van der Waals surface area contributed by atoms with Gasteiger partial charge in [-0.25, -0.2) is 0 Å². The number of non-ortho nitro benzene ring substituents is 1. The lowest BCUT2D eigenvalue weighted by molar-refractivity contribution is -0.384. The van der Waals surface area contributed by atoms with Gasteiger partial charge in [0.15, 0.2) is 5.96 Å². The average Bonchev–Trinajstić information content (AvgIpc) is 2.44. The molecule has 1 aromatic carbocycles. The summed E-state index contributed by atoms with van der Waals surface area (Å²) in [6.07, 6.45) is 0.975. The lowest BCUT2D eigenvalue weighted by Crippen LogP contribution is -2.34. The number of anilines is 1. The van der Waals surface area contributed by atoms with Crippen LogP contribution in [-0.2, 0) is 4.79 Å². The molecule has 1 rings (SSSR count). The Morgan fingerprint density at radius 2 is 1.95 bits per heavy atom. The molecule has 22 heavy (non-hydrogen) atoms. The van der Waals surface area contributed by atoms with Gasteiger partial charge >= 0.3 is 5.97 Å². The lowest BCUT2D eigenvalue weighted by Gasteiger charge is -2.06. The maximum absolute atomic E-state index is 10.2. The highest BCUT2D eigenvalue weighted by molar-refractivity contribution is 5.74. The molecule has 0 aliphatic heterocycles. The van der Waals surface area contributed by atoms with Crippen molar-refractivity contribution in [1.82, 2.24) is 5.32 Å². The number of guanidine groups is 1. The van der Waals surface area contributed by atoms with Gasteiger partial charge in [0, 0.05) is 24.4 Å². The molecule has 10 heteroatoms. The van der Waals surface area contributed by atoms with Crippen molar-refractivity contribution in [2.45, 2.75) is 18.9 Å². The van der Waals surface area contributed by atoms with E-state index in [1.807, 2.05) is 0 Å². The van der Waals surface area contributed by atoms with Crippen molar-refractivity contribution in [3.8, 4) is 0 Å². The van der Waals surface area contributed by atoms with E-state index in [4.69, 9.17) is 27.7 Å². The Morgan fingerprint density at radius 3 is 2.36 bits per heavy atom. The van der Waals surface area contributed by atoms with E-state index in [0.29, 0.717) is 25.1 Å². The Bertz CT molecular complexity index is 505. The maximum Gasteiger partial charge on any atom is 0.320 e. The van der Waals surface area contributed by atoms with Crippen molar-refractivity contribution in [3.63, 3.8) is 0 Å². The molecule has 0 heterocycles. The summed E-state index contributed by atoms with van der Waals surface area (Å²) in [6, 6.07) is 4.92. The molecule has 0 fully saturated rings. The molecule has 0 spiro atoms. The molecule has 122 valence electrons. The largest absolute Gasteiger partial charge is 0.480 e. The van der Waals surface area contributed by atoms with Crippen LogP contribution in [0.4, 0.5) is 11.4 Å². The van der Waals surface area contributed by atoms with Gasteiger partial charge in [-0.2, -0.15) is 0 Å². The zero-order valence-electron chi connectivity index (χ0n) is 11.9. The fourth-order valence-corrected chi connectivity index (χ4v) is 1.26. The molecule has 0 saturated carbocycles. The Hall–Kier alpha value is -2.88. The van der Waals surface area contributed by atoms with Crippen LogP contribution in [-0.4, -0.2) is 34.5 Å². The van der Waals surface area contributed by atoms with E-state index in [1.165, 1.54) is 24.3 Å². The van der Waals surface area contributed by atoms with E-state index < -0.39 is 16.9 Å². The van der Waals surface area contributed by atoms with E-state index in [-0.39, 0.29) is 11.6 Å². The fourth-order valence-electron chi connectivity index (χ4n) is 1.26. The van der Waals surface area contributed by atoms with Gasteiger partial charge in [0.05, 0.1) is 4.92 Å². The molecule has 0 aliphatic carbocycles. The summed E-state index contributed by atoms with van der Waals surface area (Å²) < 4.78 is 0. The first-order chi connectivity index (χ1) is 10.2. The number of nitrogens with zero attached hydrogens (tertiary/aromatic N) is 1. The van der Waals surface area contributed by atoms with Crippen molar-refractivity contribution in [2.24, 2.45) is 11.5 Å². The van der Waals surface area contributed by atoms with E-state index in [9.17, 15) is 14.9 Å². The molecule has 1 atom stereocenters. The molecule has 0 aliphatic rings. The number of carbonyl (C=O) groups is 1. The molecule has 9 N–H and O–H groups in total. The Kier molecular flexibility index (Phi) is 8.63. The molecular weight excluding hydrogens is 292 g/mol. The second-order valence-electron chi connectivity index (χ2n) is 4.28. The molecule has 1 aromatic rings. The number of rotatable bonds is 6. The highest BCUT2D eigenvalue weighted by Gasteiger charge is 2.09. The summed E-state index contributed by atoms with van der Waals surface area (Å²) >= 11 is 0. The number of aliphatic carboxylic acids is 1. The first-order valence-corrected chi connectivity index (χ1v) is 6.30. The maximum atomic E-state index is 10.2. The minimum absolute atomic E-state index is 0.0641. The Balaban J connectivity index is 0.000000406. The zero-order valence-corrected chi connectivity index (χ0v) is 11.9. The molecule has 0 radical (unpaired) electrons. The van der Waals surface area contributed by atoms with E-state index in [2.05, 4.69) is 5.32 Å². The highest BCUT2D eigenvalue weighted by Crippen LogP contribution is 2.12. The topological polar surface area (TPSA) is 194 Å². The van der Waals surface area contributed by atoms with Gasteiger partial charge in [0.25, 0.3) is 5.69 Å². The molecule has 0 saturated heterocycles. The minimum atomic E-state index is -1.00. The van der Waals surface area contributed by atoms with E-state index in [0.717, 1.165) is 0 Å². The first-order valence-electron chi connectivity index (χ1n) is 6.30. The number of nitrogens with two attached hydrogens (primary N) is 3. The van der Waals surface area contributed by atoms with Gasteiger partial charge in [-0.3, -0.25) is 20.3 Å². The van der Waals surface area contributed by atoms with Crippen molar-refractivity contribution in [3.05, 3.63) is 34.4 Å². The van der Waals surface area contributed by atoms with Crippen LogP contribution >= 0.6 is 0 Å². The third-order valence-corrected chi connectivity index (χ3v) is 2.43. The summed E-state index contributed by atoms with van der Waals surface area (Å²) in [7, 11) is 0. The number of nitrogen functional groups attached to an aromatic ring is 1. The van der Waals surface area contributed by atoms with Gasteiger partial charge in [-0.15, -0.1) is 0 Å². The third kappa shape index (κ3) is 9.09. The summed E-state index contributed by atoms with van der Waals surface area (Å²) in [4.78, 5) is 19.8. The number of benzene rings is 1. The second-order valence-corrected chi connectivity index (χ2v) is 4.28. The monoisotopic (exact) mass is 312 g/mol. The standard InChI is InChI=1S/C6H14N4O2.C6H6N2O2/c7-4(5(11)12)2-1-3-10-6(8)9;7-5-1-3-6(4-2-5)8(9)10/h4H,1-3,7H2,(H,11,12)(H4,8,9,10);1-4H,7H2. The molecule has 0 amide bonds. The van der Waals surface area contributed by atoms with Crippen LogP contribution in [0.15, 0.2) is 24.3 Å². The number of carboxylic acid groups (broad SMARTS) is 1. The summed E-state index contributed by atoms with van der Waals surface area (Å²) in [5.74, 6) is -1.11. The van der Waals surface area contributed by atoms with Crippen LogP contribution in [0.1, 0.15) is 12.8 Å². The van der Waals surface area contributed by atoms with Gasteiger partial charge in [0.2, 0.25) is 0 Å². The molecular formula is C12H20N6O4. The SMILES string of the molecule is N=C(N)NCCCC(N)C(=O)O.Nc1ccc([N+](=O)[O-])cc1. The second kappa shape index (κ2) is 9.94. The Morgan fingerprint density at radius 1 is 1.41 bits per heavy atom. The summed E-state index contributed by atoms with van der Waals surface area (Å²) in [5.41, 5.74) is 16.1. The lowest BCUT2D eigenvalue weighted by atomic mass is 10.2. The first kappa shape index (κ1) is 19.1. The number of nitro benzene ring substituents is 1. The van der Waals surface area contributed by atoms with Gasteiger partial charge < -0.3 is 27.6 Å². The summed E-state index contributed by atoms with van der Waals surface area (Å²) in [5, 5.41) is 27.8. The van der Waals surface area contributed by atoms with Crippen LogP contribution in [0, 0.1) is 15.5 Å². The fraction of sp³-hybridized carbons (Fsp3) is 0.333. The number of nitro groups is 1. The van der Waals surface area contributed by atoms with Crippen molar-refractivity contribution in [2.75, 3.05) is 12.3 Å². The van der Waals surface area contributed by atoms with Crippen LogP contribution in [0.3, 0.4) is 0 Å². The summed E-state index contributed by atoms with van der Waals surface area (Å²) in [6.45, 7) is 0.482. The number of nitrogens with one attached hydrogen (secondary N) is 2. The smallest absolute Gasteiger partial charge is 0.320 e. The van der Waals surface area contributed by atoms with E-state index >= 15 is 0 Å². The molecule has 0 bridgehead atoms. The van der Waals surface area contributed by atoms with Gasteiger partial charge in [-0.1, -0.05) is 0 Å². The number of hydrogen-bond acceptors (Lipinski definition) is 6. The van der Waals surface area contributed by atoms with Crippen molar-refractivity contribution >= 4 is 23.3 Å². The Labute approximate surface area is 126 Å². The third-order valence-electron chi connectivity index (χ3n) is 2.43. The zero-order chi connectivity index (χ0) is 17.1. The molecule has 1 unspecified atom stereocenters. The normalized spacial score (nSPS) is 10.8. The van der Waals surface area contributed by atoms with Crippen LogP contribution < -0.4 is 22.5 Å². The quantitative estimate of drug-likeness (QED) is 0.104. The highest BCUT2D eigenvalue weighted by atomic mass is 16.6. The average molecular weight is 312 g/mol. The predicted octanol–water partition coefficient (Wildman–Crippen LogP) is -0.161. The van der Waals surface area contributed by atoms with Crippen LogP contribution in [0.2, 0.25) is 0 Å². The number of carboxylic acids is 1. The van der Waals surface area contributed by atoms with Gasteiger partial charge in [0.1, 0.15) is 6.04 Å². The molecule has 10 nitrogen and oxygen atoms in total. The van der Waals surface area contributed by atoms with Crippen molar-refractivity contribution in [1.29, 1.82) is 5.41 Å². The predicted molar refractivity (Wildman–Crippen MR) is 82.3 cm³/mol. The van der Waals surface area contributed by atoms with Crippen LogP contribution in [0.5, 0.6) is 0 Å². The molecule has 0 aromatic heterocycles. The van der Waals surface area contributed by atoms with Gasteiger partial charge in [-0.05, 0) is 25.0 Å². The van der Waals surface area contributed by atoms with E-state index in [1.54, 1.807) is 0 Å². The number of hydrogen-bond donors (Lipinski definition) is 6. The van der Waals surface area contributed by atoms with Crippen LogP contribution in [0.25, 0.3) is 0 Å².